The van der Waals surface area contributed by atoms with Gasteiger partial charge >= 0.3 is 0 Å². The van der Waals surface area contributed by atoms with Gasteiger partial charge in [-0.15, -0.1) is 0 Å². The van der Waals surface area contributed by atoms with E-state index in [2.05, 4.69) is 4.72 Å². The molecule has 0 bridgehead atoms. The molecule has 1 rings (SSSR count). The van der Waals surface area contributed by atoms with E-state index < -0.39 is 14.9 Å². The summed E-state index contributed by atoms with van der Waals surface area (Å²) in [6.07, 6.45) is 0.715. The monoisotopic (exact) mass is 286 g/mol. The Bertz CT molecular complexity index is 567. The van der Waals surface area contributed by atoms with Crippen molar-refractivity contribution in [3.8, 4) is 0 Å². The van der Waals surface area contributed by atoms with Crippen LogP contribution in [-0.2, 0) is 10.0 Å². The molecule has 6 nitrogen and oxygen atoms in total. The van der Waals surface area contributed by atoms with Gasteiger partial charge in [0.1, 0.15) is 0 Å². The minimum Gasteiger partial charge on any atom is -0.258 e. The van der Waals surface area contributed by atoms with Crippen LogP contribution in [0.25, 0.3) is 0 Å². The van der Waals surface area contributed by atoms with Crippen LogP contribution in [-0.4, -0.2) is 19.9 Å². The molecule has 1 N–H and O–H groups in total. The maximum Gasteiger partial charge on any atom is 0.270 e. The van der Waals surface area contributed by atoms with Crippen LogP contribution in [0.1, 0.15) is 25.8 Å². The minimum atomic E-state index is -3.70. The van der Waals surface area contributed by atoms with Crippen LogP contribution in [0, 0.1) is 23.0 Å². The van der Waals surface area contributed by atoms with Gasteiger partial charge in [0.05, 0.1) is 9.82 Å². The lowest BCUT2D eigenvalue weighted by atomic mass is 10.1. The number of nitro groups is 1. The average molecular weight is 286 g/mol. The molecule has 0 aliphatic heterocycles. The van der Waals surface area contributed by atoms with Crippen molar-refractivity contribution in [2.45, 2.75) is 32.1 Å². The Morgan fingerprint density at radius 1 is 1.37 bits per heavy atom. The van der Waals surface area contributed by atoms with Crippen molar-refractivity contribution >= 4 is 15.7 Å². The van der Waals surface area contributed by atoms with E-state index in [9.17, 15) is 18.5 Å². The molecule has 0 unspecified atom stereocenters. The van der Waals surface area contributed by atoms with Gasteiger partial charge in [0, 0.05) is 18.7 Å². The maximum atomic E-state index is 12.1. The van der Waals surface area contributed by atoms with Crippen molar-refractivity contribution in [2.75, 3.05) is 6.54 Å². The van der Waals surface area contributed by atoms with Gasteiger partial charge in [-0.25, -0.2) is 13.1 Å². The first-order valence-electron chi connectivity index (χ1n) is 5.98. The normalized spacial score (nSPS) is 11.8. The summed E-state index contributed by atoms with van der Waals surface area (Å²) < 4.78 is 26.6. The molecule has 1 aromatic rings. The molecule has 1 aromatic carbocycles. The Hall–Kier alpha value is -1.47. The molecule has 106 valence electrons. The molecule has 19 heavy (non-hydrogen) atoms. The van der Waals surface area contributed by atoms with Crippen LogP contribution in [0.4, 0.5) is 5.69 Å². The zero-order valence-corrected chi connectivity index (χ0v) is 12.0. The van der Waals surface area contributed by atoms with Gasteiger partial charge in [-0.2, -0.15) is 0 Å². The molecular weight excluding hydrogens is 268 g/mol. The van der Waals surface area contributed by atoms with Gasteiger partial charge in [0.15, 0.2) is 0 Å². The van der Waals surface area contributed by atoms with E-state index in [4.69, 9.17) is 0 Å². The van der Waals surface area contributed by atoms with Gasteiger partial charge in [-0.1, -0.05) is 19.9 Å². The van der Waals surface area contributed by atoms with Gasteiger partial charge in [0.2, 0.25) is 10.0 Å². The quantitative estimate of drug-likeness (QED) is 0.641. The summed E-state index contributed by atoms with van der Waals surface area (Å²) in [6.45, 7) is 5.92. The van der Waals surface area contributed by atoms with Crippen molar-refractivity contribution in [1.29, 1.82) is 0 Å². The second kappa shape index (κ2) is 6.12. The number of nitrogens with one attached hydrogen (secondary N) is 1. The Morgan fingerprint density at radius 3 is 2.53 bits per heavy atom. The molecule has 0 aliphatic rings. The largest absolute Gasteiger partial charge is 0.270 e. The molecule has 0 saturated carbocycles. The maximum absolute atomic E-state index is 12.1. The van der Waals surface area contributed by atoms with E-state index in [1.807, 2.05) is 13.8 Å². The highest BCUT2D eigenvalue weighted by molar-refractivity contribution is 7.89. The van der Waals surface area contributed by atoms with E-state index in [0.717, 1.165) is 6.07 Å². The summed E-state index contributed by atoms with van der Waals surface area (Å²) in [5.41, 5.74) is 0.262. The Kier molecular flexibility index (Phi) is 5.02. The first-order chi connectivity index (χ1) is 8.74. The predicted molar refractivity (Wildman–Crippen MR) is 72.5 cm³/mol. The molecule has 7 heteroatoms. The lowest BCUT2D eigenvalue weighted by molar-refractivity contribution is -0.385. The van der Waals surface area contributed by atoms with Crippen molar-refractivity contribution in [1.82, 2.24) is 4.72 Å². The van der Waals surface area contributed by atoms with Crippen molar-refractivity contribution < 1.29 is 13.3 Å². The van der Waals surface area contributed by atoms with Crippen molar-refractivity contribution in [3.63, 3.8) is 0 Å². The van der Waals surface area contributed by atoms with Crippen LogP contribution in [0.2, 0.25) is 0 Å². The first kappa shape index (κ1) is 15.6. The minimum absolute atomic E-state index is 0.0366. The summed E-state index contributed by atoms with van der Waals surface area (Å²) in [5, 5.41) is 10.7. The van der Waals surface area contributed by atoms with E-state index in [-0.39, 0.29) is 10.6 Å². The first-order valence-corrected chi connectivity index (χ1v) is 7.47. The van der Waals surface area contributed by atoms with Crippen LogP contribution >= 0.6 is 0 Å². The summed E-state index contributed by atoms with van der Waals surface area (Å²) in [6, 6.07) is 3.82. The van der Waals surface area contributed by atoms with Gasteiger partial charge in [0.25, 0.3) is 5.69 Å². The number of sulfonamides is 1. The highest BCUT2D eigenvalue weighted by atomic mass is 32.2. The number of hydrogen-bond acceptors (Lipinski definition) is 4. The molecule has 0 spiro atoms. The van der Waals surface area contributed by atoms with Crippen LogP contribution < -0.4 is 4.72 Å². The molecule has 0 fully saturated rings. The molecule has 0 aromatic heterocycles. The number of nitro benzene ring substituents is 1. The fourth-order valence-corrected chi connectivity index (χ4v) is 2.86. The SMILES string of the molecule is Cc1ccc([N+](=O)[O-])cc1S(=O)(=O)NCCC(C)C. The standard InChI is InChI=1S/C12H18N2O4S/c1-9(2)6-7-13-19(17,18)12-8-11(14(15)16)5-4-10(12)3/h4-5,8-9,13H,6-7H2,1-3H3. The predicted octanol–water partition coefficient (Wildman–Crippen LogP) is 2.23. The lowest BCUT2D eigenvalue weighted by Gasteiger charge is -2.10. The molecule has 0 aliphatic carbocycles. The number of benzene rings is 1. The Labute approximate surface area is 113 Å². The summed E-state index contributed by atoms with van der Waals surface area (Å²) in [4.78, 5) is 10.0. The van der Waals surface area contributed by atoms with Crippen LogP contribution in [0.5, 0.6) is 0 Å². The zero-order chi connectivity index (χ0) is 14.6. The van der Waals surface area contributed by atoms with Crippen LogP contribution in [0.3, 0.4) is 0 Å². The lowest BCUT2D eigenvalue weighted by Crippen LogP contribution is -2.26. The Morgan fingerprint density at radius 2 is 2.00 bits per heavy atom. The third-order valence-corrected chi connectivity index (χ3v) is 4.29. The van der Waals surface area contributed by atoms with Gasteiger partial charge < -0.3 is 0 Å². The van der Waals surface area contributed by atoms with Crippen molar-refractivity contribution in [3.05, 3.63) is 33.9 Å². The molecule has 0 amide bonds. The molecule has 0 atom stereocenters. The second-order valence-corrected chi connectivity index (χ2v) is 6.52. The van der Waals surface area contributed by atoms with Gasteiger partial charge in [-0.05, 0) is 24.8 Å². The van der Waals surface area contributed by atoms with Crippen LogP contribution in [0.15, 0.2) is 23.1 Å². The average Bonchev–Trinajstić information content (AvgIpc) is 2.28. The molecule has 0 radical (unpaired) electrons. The number of aryl methyl sites for hydroxylation is 1. The number of rotatable bonds is 6. The highest BCUT2D eigenvalue weighted by Gasteiger charge is 2.20. The fourth-order valence-electron chi connectivity index (χ4n) is 1.55. The van der Waals surface area contributed by atoms with Crippen molar-refractivity contribution in [2.24, 2.45) is 5.92 Å². The third kappa shape index (κ3) is 4.29. The summed E-state index contributed by atoms with van der Waals surface area (Å²) in [5.74, 6) is 0.383. The van der Waals surface area contributed by atoms with E-state index in [0.29, 0.717) is 24.4 Å². The Balaban J connectivity index is 3.00. The molecule has 0 saturated heterocycles. The second-order valence-electron chi connectivity index (χ2n) is 4.79. The summed E-state index contributed by atoms with van der Waals surface area (Å²) in [7, 11) is -3.70. The molecule has 0 heterocycles. The van der Waals surface area contributed by atoms with E-state index >= 15 is 0 Å². The zero-order valence-electron chi connectivity index (χ0n) is 11.2. The topological polar surface area (TPSA) is 89.3 Å². The van der Waals surface area contributed by atoms with Gasteiger partial charge in [-0.3, -0.25) is 10.1 Å². The van der Waals surface area contributed by atoms with E-state index in [1.54, 1.807) is 6.92 Å². The number of hydrogen-bond donors (Lipinski definition) is 1. The third-order valence-electron chi connectivity index (χ3n) is 2.69. The smallest absolute Gasteiger partial charge is 0.258 e. The molecular formula is C12H18N2O4S. The fraction of sp³-hybridized carbons (Fsp3) is 0.500. The number of nitrogens with zero attached hydrogens (tertiary/aromatic N) is 1. The number of non-ortho nitro benzene ring substituents is 1. The summed E-state index contributed by atoms with van der Waals surface area (Å²) >= 11 is 0. The van der Waals surface area contributed by atoms with E-state index in [1.165, 1.54) is 12.1 Å². The highest BCUT2D eigenvalue weighted by Crippen LogP contribution is 2.21.